The second-order valence-corrected chi connectivity index (χ2v) is 5.14. The Balaban J connectivity index is 2.03. The van der Waals surface area contributed by atoms with Gasteiger partial charge in [0, 0.05) is 11.9 Å². The smallest absolute Gasteiger partial charge is 0.164 e. The predicted molar refractivity (Wildman–Crippen MR) is 85.9 cm³/mol. The van der Waals surface area contributed by atoms with Gasteiger partial charge in [0.15, 0.2) is 5.65 Å². The number of nitrogens with zero attached hydrogens (tertiary/aromatic N) is 3. The van der Waals surface area contributed by atoms with Gasteiger partial charge in [-0.05, 0) is 35.0 Å². The van der Waals surface area contributed by atoms with Crippen molar-refractivity contribution in [3.63, 3.8) is 0 Å². The van der Waals surface area contributed by atoms with Gasteiger partial charge in [-0.2, -0.15) is 0 Å². The second kappa shape index (κ2) is 4.86. The van der Waals surface area contributed by atoms with Crippen LogP contribution in [0.4, 0.5) is 0 Å². The molecular weight excluding hydrogens is 282 g/mol. The molecule has 2 aromatic heterocycles. The lowest BCUT2D eigenvalue weighted by molar-refractivity contribution is 0.971. The van der Waals surface area contributed by atoms with Crippen LogP contribution in [0.2, 0.25) is 0 Å². The highest BCUT2D eigenvalue weighted by Crippen LogP contribution is 2.24. The Hall–Kier alpha value is -2.39. The summed E-state index contributed by atoms with van der Waals surface area (Å²) in [5, 5.41) is 2.40. The molecule has 102 valence electrons. The number of fused-ring (bicyclic) bond motifs is 2. The number of aromatic nitrogens is 3. The molecule has 4 heteroatoms. The molecule has 0 N–H and O–H groups in total. The van der Waals surface area contributed by atoms with E-state index < -0.39 is 0 Å². The Kier molecular flexibility index (Phi) is 2.86. The standard InChI is InChI=1S/C17H12ClN3/c18-11-16-20-15-6-3-9-19-17(15)21(16)14-8-7-12-4-1-2-5-13(12)10-14/h1-10H,11H2. The maximum atomic E-state index is 6.06. The number of imidazole rings is 1. The number of rotatable bonds is 2. The average Bonchev–Trinajstić information content (AvgIpc) is 2.93. The monoisotopic (exact) mass is 293 g/mol. The third-order valence-electron chi connectivity index (χ3n) is 3.60. The van der Waals surface area contributed by atoms with Crippen LogP contribution in [0.25, 0.3) is 27.6 Å². The summed E-state index contributed by atoms with van der Waals surface area (Å²) >= 11 is 6.06. The molecule has 0 saturated heterocycles. The van der Waals surface area contributed by atoms with Gasteiger partial charge in [0.05, 0.1) is 5.88 Å². The first-order valence-electron chi connectivity index (χ1n) is 6.74. The molecule has 2 heterocycles. The Morgan fingerprint density at radius 3 is 2.67 bits per heavy atom. The van der Waals surface area contributed by atoms with E-state index in [1.807, 2.05) is 28.8 Å². The van der Waals surface area contributed by atoms with Crippen LogP contribution in [0.1, 0.15) is 5.82 Å². The summed E-state index contributed by atoms with van der Waals surface area (Å²) < 4.78 is 2.02. The lowest BCUT2D eigenvalue weighted by Gasteiger charge is -2.08. The molecule has 0 radical (unpaired) electrons. The highest BCUT2D eigenvalue weighted by atomic mass is 35.5. The molecule has 0 aliphatic carbocycles. The first kappa shape index (κ1) is 12.4. The molecule has 2 aromatic carbocycles. The SMILES string of the molecule is ClCc1nc2cccnc2n1-c1ccc2ccccc2c1. The summed E-state index contributed by atoms with van der Waals surface area (Å²) in [5.74, 6) is 1.16. The van der Waals surface area contributed by atoms with Crippen molar-refractivity contribution in [2.75, 3.05) is 0 Å². The van der Waals surface area contributed by atoms with Crippen molar-refractivity contribution in [3.05, 3.63) is 66.6 Å². The minimum atomic E-state index is 0.350. The van der Waals surface area contributed by atoms with Crippen LogP contribution in [-0.2, 0) is 5.88 Å². The Labute approximate surface area is 126 Å². The summed E-state index contributed by atoms with van der Waals surface area (Å²) in [6.07, 6.45) is 1.78. The van der Waals surface area contributed by atoms with E-state index in [1.54, 1.807) is 6.20 Å². The molecule has 4 rings (SSSR count). The number of pyridine rings is 1. The number of benzene rings is 2. The molecule has 0 aliphatic heterocycles. The van der Waals surface area contributed by atoms with E-state index in [0.717, 1.165) is 22.7 Å². The third-order valence-corrected chi connectivity index (χ3v) is 3.84. The van der Waals surface area contributed by atoms with Crippen LogP contribution in [0.5, 0.6) is 0 Å². The molecule has 3 nitrogen and oxygen atoms in total. The lowest BCUT2D eigenvalue weighted by Crippen LogP contribution is -2.00. The minimum absolute atomic E-state index is 0.350. The van der Waals surface area contributed by atoms with Gasteiger partial charge >= 0.3 is 0 Å². The van der Waals surface area contributed by atoms with Gasteiger partial charge in [0.25, 0.3) is 0 Å². The number of halogens is 1. The zero-order chi connectivity index (χ0) is 14.2. The summed E-state index contributed by atoms with van der Waals surface area (Å²) in [5.41, 5.74) is 2.73. The minimum Gasteiger partial charge on any atom is -0.280 e. The normalized spacial score (nSPS) is 11.3. The van der Waals surface area contributed by atoms with Crippen molar-refractivity contribution in [2.45, 2.75) is 5.88 Å². The fourth-order valence-electron chi connectivity index (χ4n) is 2.64. The van der Waals surface area contributed by atoms with Crippen molar-refractivity contribution in [1.82, 2.24) is 14.5 Å². The van der Waals surface area contributed by atoms with Crippen molar-refractivity contribution in [1.29, 1.82) is 0 Å². The maximum absolute atomic E-state index is 6.06. The molecule has 0 atom stereocenters. The van der Waals surface area contributed by atoms with Crippen molar-refractivity contribution in [3.8, 4) is 5.69 Å². The Morgan fingerprint density at radius 2 is 1.81 bits per heavy atom. The van der Waals surface area contributed by atoms with E-state index in [1.165, 1.54) is 10.8 Å². The van der Waals surface area contributed by atoms with Gasteiger partial charge in [-0.1, -0.05) is 30.3 Å². The van der Waals surface area contributed by atoms with E-state index in [0.29, 0.717) is 5.88 Å². The quantitative estimate of drug-likeness (QED) is 0.516. The van der Waals surface area contributed by atoms with Gasteiger partial charge in [0.1, 0.15) is 11.3 Å². The molecule has 21 heavy (non-hydrogen) atoms. The lowest BCUT2D eigenvalue weighted by atomic mass is 10.1. The Morgan fingerprint density at radius 1 is 0.952 bits per heavy atom. The maximum Gasteiger partial charge on any atom is 0.164 e. The van der Waals surface area contributed by atoms with E-state index >= 15 is 0 Å². The number of hydrogen-bond donors (Lipinski definition) is 0. The first-order valence-corrected chi connectivity index (χ1v) is 7.28. The molecule has 0 saturated carbocycles. The molecule has 0 fully saturated rings. The summed E-state index contributed by atoms with van der Waals surface area (Å²) in [6.45, 7) is 0. The Bertz CT molecular complexity index is 943. The molecule has 0 unspecified atom stereocenters. The molecule has 0 spiro atoms. The molecule has 0 aliphatic rings. The van der Waals surface area contributed by atoms with E-state index in [4.69, 9.17) is 11.6 Å². The van der Waals surface area contributed by atoms with Gasteiger partial charge in [-0.3, -0.25) is 4.57 Å². The highest BCUT2D eigenvalue weighted by molar-refractivity contribution is 6.17. The highest BCUT2D eigenvalue weighted by Gasteiger charge is 2.12. The third kappa shape index (κ3) is 1.98. The van der Waals surface area contributed by atoms with Crippen molar-refractivity contribution in [2.24, 2.45) is 0 Å². The summed E-state index contributed by atoms with van der Waals surface area (Å²) in [4.78, 5) is 9.00. The first-order chi connectivity index (χ1) is 10.4. The van der Waals surface area contributed by atoms with E-state index in [2.05, 4.69) is 40.3 Å². The zero-order valence-corrected chi connectivity index (χ0v) is 12.0. The average molecular weight is 294 g/mol. The van der Waals surface area contributed by atoms with Crippen molar-refractivity contribution < 1.29 is 0 Å². The molecule has 0 amide bonds. The van der Waals surface area contributed by atoms with E-state index in [-0.39, 0.29) is 0 Å². The second-order valence-electron chi connectivity index (χ2n) is 4.87. The zero-order valence-electron chi connectivity index (χ0n) is 11.2. The van der Waals surface area contributed by atoms with Crippen LogP contribution in [0, 0.1) is 0 Å². The molecule has 0 bridgehead atoms. The predicted octanol–water partition coefficient (Wildman–Crippen LogP) is 4.31. The van der Waals surface area contributed by atoms with Gasteiger partial charge in [-0.15, -0.1) is 11.6 Å². The topological polar surface area (TPSA) is 30.7 Å². The van der Waals surface area contributed by atoms with Crippen LogP contribution < -0.4 is 0 Å². The van der Waals surface area contributed by atoms with E-state index in [9.17, 15) is 0 Å². The fraction of sp³-hybridized carbons (Fsp3) is 0.0588. The van der Waals surface area contributed by atoms with Crippen LogP contribution >= 0.6 is 11.6 Å². The van der Waals surface area contributed by atoms with Gasteiger partial charge in [-0.25, -0.2) is 9.97 Å². The van der Waals surface area contributed by atoms with Gasteiger partial charge < -0.3 is 0 Å². The van der Waals surface area contributed by atoms with Gasteiger partial charge in [0.2, 0.25) is 0 Å². The number of hydrogen-bond acceptors (Lipinski definition) is 2. The largest absolute Gasteiger partial charge is 0.280 e. The molecular formula is C17H12ClN3. The molecule has 4 aromatic rings. The summed E-state index contributed by atoms with van der Waals surface area (Å²) in [6, 6.07) is 18.5. The van der Waals surface area contributed by atoms with Crippen LogP contribution in [0.15, 0.2) is 60.8 Å². The van der Waals surface area contributed by atoms with Crippen LogP contribution in [0.3, 0.4) is 0 Å². The summed E-state index contributed by atoms with van der Waals surface area (Å²) in [7, 11) is 0. The van der Waals surface area contributed by atoms with Crippen molar-refractivity contribution >= 4 is 33.5 Å². The number of alkyl halides is 1. The fourth-order valence-corrected chi connectivity index (χ4v) is 2.82. The van der Waals surface area contributed by atoms with Crippen LogP contribution in [-0.4, -0.2) is 14.5 Å².